The van der Waals surface area contributed by atoms with E-state index in [9.17, 15) is 0 Å². The summed E-state index contributed by atoms with van der Waals surface area (Å²) in [6.45, 7) is 2.05. The smallest absolute Gasteiger partial charge is 0.0686 e. The number of rotatable bonds is 2. The number of nitrogens with two attached hydrogens (primary N) is 1. The molecule has 1 aliphatic rings. The standard InChI is InChI=1S/C18H19ClN4/c19-14-9-17-16(11-21-22-17)18(10-14)23-7-5-13(6-8-23)12-1-3-15(20)4-2-12/h1-4,9-11,13H,5-8,20H2,(H,21,22). The minimum absolute atomic E-state index is 0.603. The van der Waals surface area contributed by atoms with Crippen molar-refractivity contribution in [3.05, 3.63) is 53.2 Å². The topological polar surface area (TPSA) is 57.9 Å². The molecule has 5 heteroatoms. The van der Waals surface area contributed by atoms with Gasteiger partial charge in [0.1, 0.15) is 0 Å². The van der Waals surface area contributed by atoms with E-state index < -0.39 is 0 Å². The highest BCUT2D eigenvalue weighted by atomic mass is 35.5. The first-order valence-electron chi connectivity index (χ1n) is 7.94. The fourth-order valence-corrected chi connectivity index (χ4v) is 3.69. The van der Waals surface area contributed by atoms with Crippen LogP contribution in [0, 0.1) is 0 Å². The molecule has 0 bridgehead atoms. The molecule has 4 rings (SSSR count). The number of halogens is 1. The number of hydrogen-bond acceptors (Lipinski definition) is 3. The molecule has 1 aliphatic heterocycles. The summed E-state index contributed by atoms with van der Waals surface area (Å²) in [5, 5.41) is 9.04. The number of fused-ring (bicyclic) bond motifs is 1. The Morgan fingerprint density at radius 1 is 1.13 bits per heavy atom. The van der Waals surface area contributed by atoms with Crippen LogP contribution < -0.4 is 10.6 Å². The van der Waals surface area contributed by atoms with Gasteiger partial charge in [0.15, 0.2) is 0 Å². The number of benzene rings is 2. The Hall–Kier alpha value is -2.20. The number of anilines is 2. The van der Waals surface area contributed by atoms with E-state index in [0.717, 1.165) is 47.5 Å². The molecule has 0 atom stereocenters. The maximum atomic E-state index is 6.25. The Balaban J connectivity index is 1.55. The van der Waals surface area contributed by atoms with Gasteiger partial charge in [-0.1, -0.05) is 23.7 Å². The highest BCUT2D eigenvalue weighted by Gasteiger charge is 2.22. The zero-order chi connectivity index (χ0) is 15.8. The highest BCUT2D eigenvalue weighted by molar-refractivity contribution is 6.31. The van der Waals surface area contributed by atoms with E-state index >= 15 is 0 Å². The zero-order valence-electron chi connectivity index (χ0n) is 12.8. The number of nitrogens with zero attached hydrogens (tertiary/aromatic N) is 2. The summed E-state index contributed by atoms with van der Waals surface area (Å²) in [4.78, 5) is 2.41. The molecule has 1 fully saturated rings. The van der Waals surface area contributed by atoms with Crippen LogP contribution in [0.25, 0.3) is 10.9 Å². The Bertz CT molecular complexity index is 817. The first kappa shape index (κ1) is 14.4. The fraction of sp³-hybridized carbons (Fsp3) is 0.278. The van der Waals surface area contributed by atoms with Crippen LogP contribution >= 0.6 is 11.6 Å². The lowest BCUT2D eigenvalue weighted by Crippen LogP contribution is -2.33. The largest absolute Gasteiger partial charge is 0.399 e. The van der Waals surface area contributed by atoms with Gasteiger partial charge in [-0.25, -0.2) is 0 Å². The lowest BCUT2D eigenvalue weighted by atomic mass is 9.89. The van der Waals surface area contributed by atoms with E-state index in [-0.39, 0.29) is 0 Å². The molecule has 1 aromatic heterocycles. The van der Waals surface area contributed by atoms with Gasteiger partial charge in [0.05, 0.1) is 11.7 Å². The van der Waals surface area contributed by atoms with Crippen molar-refractivity contribution < 1.29 is 0 Å². The summed E-state index contributed by atoms with van der Waals surface area (Å²) in [6.07, 6.45) is 4.15. The summed E-state index contributed by atoms with van der Waals surface area (Å²) in [6, 6.07) is 12.3. The first-order chi connectivity index (χ1) is 11.2. The maximum absolute atomic E-state index is 6.25. The number of aromatic amines is 1. The summed E-state index contributed by atoms with van der Waals surface area (Å²) >= 11 is 6.25. The first-order valence-corrected chi connectivity index (χ1v) is 8.31. The Kier molecular flexibility index (Phi) is 3.62. The lowest BCUT2D eigenvalue weighted by Gasteiger charge is -2.34. The number of H-pyrrole nitrogens is 1. The highest BCUT2D eigenvalue weighted by Crippen LogP contribution is 2.35. The van der Waals surface area contributed by atoms with Gasteiger partial charge in [0, 0.05) is 34.9 Å². The molecule has 2 heterocycles. The molecule has 2 aromatic carbocycles. The van der Waals surface area contributed by atoms with Crippen LogP contribution in [0.4, 0.5) is 11.4 Å². The zero-order valence-corrected chi connectivity index (χ0v) is 13.6. The minimum atomic E-state index is 0.603. The molecule has 0 amide bonds. The van der Waals surface area contributed by atoms with Crippen molar-refractivity contribution in [3.8, 4) is 0 Å². The third kappa shape index (κ3) is 2.75. The van der Waals surface area contributed by atoms with E-state index in [1.54, 1.807) is 0 Å². The molecule has 118 valence electrons. The average molecular weight is 327 g/mol. The van der Waals surface area contributed by atoms with Crippen molar-refractivity contribution in [2.75, 3.05) is 23.7 Å². The van der Waals surface area contributed by atoms with Crippen LogP contribution in [-0.4, -0.2) is 23.3 Å². The Morgan fingerprint density at radius 3 is 2.61 bits per heavy atom. The third-order valence-electron chi connectivity index (χ3n) is 4.75. The van der Waals surface area contributed by atoms with Crippen LogP contribution in [0.1, 0.15) is 24.3 Å². The molecule has 4 nitrogen and oxygen atoms in total. The predicted molar refractivity (Wildman–Crippen MR) is 96.1 cm³/mol. The van der Waals surface area contributed by atoms with E-state index in [1.807, 2.05) is 30.5 Å². The van der Waals surface area contributed by atoms with Crippen molar-refractivity contribution in [2.24, 2.45) is 0 Å². The van der Waals surface area contributed by atoms with Gasteiger partial charge in [-0.3, -0.25) is 5.10 Å². The van der Waals surface area contributed by atoms with Gasteiger partial charge in [-0.15, -0.1) is 0 Å². The van der Waals surface area contributed by atoms with E-state index in [4.69, 9.17) is 17.3 Å². The predicted octanol–water partition coefficient (Wildman–Crippen LogP) is 4.18. The molecule has 0 saturated carbocycles. The maximum Gasteiger partial charge on any atom is 0.0686 e. The number of piperidine rings is 1. The number of nitrogens with one attached hydrogen (secondary N) is 1. The fourth-order valence-electron chi connectivity index (χ4n) is 3.48. The molecule has 23 heavy (non-hydrogen) atoms. The van der Waals surface area contributed by atoms with Gasteiger partial charge < -0.3 is 10.6 Å². The summed E-state index contributed by atoms with van der Waals surface area (Å²) in [5.41, 5.74) is 10.2. The van der Waals surface area contributed by atoms with Gasteiger partial charge in [0.2, 0.25) is 0 Å². The van der Waals surface area contributed by atoms with Crippen LogP contribution in [0.15, 0.2) is 42.6 Å². The number of nitrogen functional groups attached to an aromatic ring is 1. The summed E-state index contributed by atoms with van der Waals surface area (Å²) in [7, 11) is 0. The second-order valence-corrected chi connectivity index (χ2v) is 6.62. The lowest BCUT2D eigenvalue weighted by molar-refractivity contribution is 0.506. The molecular weight excluding hydrogens is 308 g/mol. The van der Waals surface area contributed by atoms with E-state index in [1.165, 1.54) is 11.3 Å². The molecule has 0 unspecified atom stereocenters. The van der Waals surface area contributed by atoms with Crippen LogP contribution in [-0.2, 0) is 0 Å². The average Bonchev–Trinajstić information content (AvgIpc) is 3.03. The van der Waals surface area contributed by atoms with Crippen LogP contribution in [0.5, 0.6) is 0 Å². The quantitative estimate of drug-likeness (QED) is 0.694. The third-order valence-corrected chi connectivity index (χ3v) is 4.96. The molecular formula is C18H19ClN4. The van der Waals surface area contributed by atoms with E-state index in [2.05, 4.69) is 27.2 Å². The van der Waals surface area contributed by atoms with Crippen molar-refractivity contribution in [1.82, 2.24) is 10.2 Å². The molecule has 1 saturated heterocycles. The molecule has 0 spiro atoms. The minimum Gasteiger partial charge on any atom is -0.399 e. The summed E-state index contributed by atoms with van der Waals surface area (Å²) in [5.74, 6) is 0.603. The van der Waals surface area contributed by atoms with Gasteiger partial charge in [-0.2, -0.15) is 5.10 Å². The van der Waals surface area contributed by atoms with E-state index in [0.29, 0.717) is 5.92 Å². The van der Waals surface area contributed by atoms with Gasteiger partial charge in [-0.05, 0) is 48.6 Å². The Labute approximate surface area is 140 Å². The number of aromatic nitrogens is 2. The molecule has 0 radical (unpaired) electrons. The van der Waals surface area contributed by atoms with Crippen molar-refractivity contribution in [3.63, 3.8) is 0 Å². The van der Waals surface area contributed by atoms with Crippen LogP contribution in [0.3, 0.4) is 0 Å². The normalized spacial score (nSPS) is 16.1. The molecule has 3 N–H and O–H groups in total. The SMILES string of the molecule is Nc1ccc(C2CCN(c3cc(Cl)cc4[nH]ncc34)CC2)cc1. The van der Waals surface area contributed by atoms with Crippen LogP contribution in [0.2, 0.25) is 5.02 Å². The van der Waals surface area contributed by atoms with Crippen molar-refractivity contribution >= 4 is 33.9 Å². The number of hydrogen-bond donors (Lipinski definition) is 2. The monoisotopic (exact) mass is 326 g/mol. The second kappa shape index (κ2) is 5.78. The summed E-state index contributed by atoms with van der Waals surface area (Å²) < 4.78 is 0. The molecule has 0 aliphatic carbocycles. The van der Waals surface area contributed by atoms with Crippen molar-refractivity contribution in [1.29, 1.82) is 0 Å². The van der Waals surface area contributed by atoms with Gasteiger partial charge >= 0.3 is 0 Å². The molecule has 3 aromatic rings. The van der Waals surface area contributed by atoms with Gasteiger partial charge in [0.25, 0.3) is 0 Å². The van der Waals surface area contributed by atoms with Crippen molar-refractivity contribution in [2.45, 2.75) is 18.8 Å². The second-order valence-electron chi connectivity index (χ2n) is 6.18. The Morgan fingerprint density at radius 2 is 1.87 bits per heavy atom.